The highest BCUT2D eigenvalue weighted by atomic mass is 35.5. The van der Waals surface area contributed by atoms with E-state index in [1.165, 1.54) is 18.0 Å². The largest absolute Gasteiger partial charge is 0.315 e. The number of halogens is 1. The van der Waals surface area contributed by atoms with Gasteiger partial charge in [-0.1, -0.05) is 41.6 Å². The molecule has 0 saturated heterocycles. The molecule has 0 radical (unpaired) electrons. The number of carbonyl (C=O) groups is 1. The Morgan fingerprint density at radius 1 is 1.19 bits per heavy atom. The van der Waals surface area contributed by atoms with Crippen LogP contribution in [0.3, 0.4) is 0 Å². The average Bonchev–Trinajstić information content (AvgIpc) is 3.39. The Bertz CT molecular complexity index is 1330. The zero-order valence-electron chi connectivity index (χ0n) is 16.6. The zero-order valence-corrected chi connectivity index (χ0v) is 18.2. The fourth-order valence-electron chi connectivity index (χ4n) is 3.69. The van der Waals surface area contributed by atoms with E-state index in [1.807, 2.05) is 42.5 Å². The van der Waals surface area contributed by atoms with E-state index in [2.05, 4.69) is 5.10 Å². The third kappa shape index (κ3) is 3.51. The number of para-hydroxylation sites is 1. The molecular formula is C22H18ClN5O2S. The van der Waals surface area contributed by atoms with E-state index >= 15 is 0 Å². The first kappa shape index (κ1) is 19.8. The van der Waals surface area contributed by atoms with Gasteiger partial charge < -0.3 is 4.90 Å². The minimum Gasteiger partial charge on any atom is -0.315 e. The smallest absolute Gasteiger partial charge is 0.265 e. The molecule has 31 heavy (non-hydrogen) atoms. The summed E-state index contributed by atoms with van der Waals surface area (Å²) >= 11 is 7.46. The van der Waals surface area contributed by atoms with Crippen LogP contribution in [0, 0.1) is 0 Å². The van der Waals surface area contributed by atoms with Crippen molar-refractivity contribution in [2.75, 3.05) is 17.7 Å². The predicted molar refractivity (Wildman–Crippen MR) is 122 cm³/mol. The molecule has 1 atom stereocenters. The topological polar surface area (TPSA) is 73.0 Å². The van der Waals surface area contributed by atoms with Crippen molar-refractivity contribution in [2.45, 2.75) is 17.6 Å². The number of benzene rings is 2. The lowest BCUT2D eigenvalue weighted by atomic mass is 10.2. The minimum atomic E-state index is -0.248. The SMILES string of the molecule is CN(C(=O)CC1CSc2nc3c(cnn3-c3ccc(Cl)cc3)c(=O)n21)c1ccccc1. The maximum atomic E-state index is 13.3. The first-order valence-corrected chi connectivity index (χ1v) is 11.1. The third-order valence-corrected chi connectivity index (χ3v) is 6.72. The van der Waals surface area contributed by atoms with Crippen LogP contribution in [-0.4, -0.2) is 38.0 Å². The number of thioether (sulfide) groups is 1. The standard InChI is InChI=1S/C22H18ClN5O2S/c1-26(15-5-3-2-4-6-15)19(29)11-17-13-31-22-25-20-18(21(30)27(17)22)12-24-28(20)16-9-7-14(23)8-10-16/h2-10,12,17H,11,13H2,1H3. The molecule has 4 aromatic rings. The van der Waals surface area contributed by atoms with Gasteiger partial charge in [-0.25, -0.2) is 9.67 Å². The van der Waals surface area contributed by atoms with Gasteiger partial charge in [-0.05, 0) is 36.4 Å². The summed E-state index contributed by atoms with van der Waals surface area (Å²) in [7, 11) is 1.75. The fourth-order valence-corrected chi connectivity index (χ4v) is 4.94. The molecule has 0 aliphatic carbocycles. The monoisotopic (exact) mass is 451 g/mol. The lowest BCUT2D eigenvalue weighted by Crippen LogP contribution is -2.32. The molecule has 0 fully saturated rings. The van der Waals surface area contributed by atoms with Crippen LogP contribution in [0.4, 0.5) is 5.69 Å². The van der Waals surface area contributed by atoms with Crippen LogP contribution in [0.2, 0.25) is 5.02 Å². The van der Waals surface area contributed by atoms with Crippen molar-refractivity contribution in [1.29, 1.82) is 0 Å². The van der Waals surface area contributed by atoms with Gasteiger partial charge in [0.2, 0.25) is 5.91 Å². The van der Waals surface area contributed by atoms with Crippen molar-refractivity contribution in [1.82, 2.24) is 19.3 Å². The molecule has 5 rings (SSSR count). The van der Waals surface area contributed by atoms with Gasteiger partial charge in [0.05, 0.1) is 17.9 Å². The average molecular weight is 452 g/mol. The summed E-state index contributed by atoms with van der Waals surface area (Å²) in [6.45, 7) is 0. The third-order valence-electron chi connectivity index (χ3n) is 5.37. The van der Waals surface area contributed by atoms with Crippen molar-refractivity contribution >= 4 is 46.0 Å². The summed E-state index contributed by atoms with van der Waals surface area (Å²) < 4.78 is 3.27. The lowest BCUT2D eigenvalue weighted by Gasteiger charge is -2.20. The highest BCUT2D eigenvalue weighted by molar-refractivity contribution is 7.99. The summed E-state index contributed by atoms with van der Waals surface area (Å²) in [6.07, 6.45) is 1.76. The van der Waals surface area contributed by atoms with E-state index in [-0.39, 0.29) is 23.9 Å². The minimum absolute atomic E-state index is 0.0477. The van der Waals surface area contributed by atoms with Crippen LogP contribution < -0.4 is 10.5 Å². The maximum Gasteiger partial charge on any atom is 0.265 e. The number of anilines is 1. The van der Waals surface area contributed by atoms with Crippen LogP contribution in [0.15, 0.2) is 70.7 Å². The fraction of sp³-hybridized carbons (Fsp3) is 0.182. The van der Waals surface area contributed by atoms with Crippen LogP contribution >= 0.6 is 23.4 Å². The Kier molecular flexibility index (Phi) is 5.03. The Morgan fingerprint density at radius 3 is 2.68 bits per heavy atom. The molecule has 0 spiro atoms. The van der Waals surface area contributed by atoms with Gasteiger partial charge in [-0.2, -0.15) is 5.10 Å². The van der Waals surface area contributed by atoms with Crippen LogP contribution in [-0.2, 0) is 4.79 Å². The van der Waals surface area contributed by atoms with Crippen molar-refractivity contribution < 1.29 is 4.79 Å². The molecule has 9 heteroatoms. The number of rotatable bonds is 4. The molecule has 3 heterocycles. The molecule has 0 saturated carbocycles. The molecule has 1 aliphatic rings. The first-order valence-electron chi connectivity index (χ1n) is 9.73. The number of nitrogens with zero attached hydrogens (tertiary/aromatic N) is 5. The summed E-state index contributed by atoms with van der Waals surface area (Å²) in [6, 6.07) is 16.4. The highest BCUT2D eigenvalue weighted by Gasteiger charge is 2.30. The zero-order chi connectivity index (χ0) is 21.5. The van der Waals surface area contributed by atoms with E-state index in [1.54, 1.807) is 33.3 Å². The molecule has 0 N–H and O–H groups in total. The van der Waals surface area contributed by atoms with Crippen LogP contribution in [0.25, 0.3) is 16.7 Å². The van der Waals surface area contributed by atoms with Gasteiger partial charge in [-0.3, -0.25) is 14.2 Å². The number of carbonyl (C=O) groups excluding carboxylic acids is 1. The quantitative estimate of drug-likeness (QED) is 0.439. The summed E-state index contributed by atoms with van der Waals surface area (Å²) in [5.74, 6) is 0.575. The Hall–Kier alpha value is -3.10. The molecule has 2 aromatic carbocycles. The second-order valence-corrected chi connectivity index (χ2v) is 8.72. The summed E-state index contributed by atoms with van der Waals surface area (Å²) in [5, 5.41) is 6.02. The van der Waals surface area contributed by atoms with Crippen molar-refractivity contribution in [2.24, 2.45) is 0 Å². The number of hydrogen-bond acceptors (Lipinski definition) is 5. The van der Waals surface area contributed by atoms with E-state index in [0.717, 1.165) is 11.4 Å². The Morgan fingerprint density at radius 2 is 1.94 bits per heavy atom. The van der Waals surface area contributed by atoms with Crippen LogP contribution in [0.1, 0.15) is 12.5 Å². The predicted octanol–water partition coefficient (Wildman–Crippen LogP) is 3.94. The highest BCUT2D eigenvalue weighted by Crippen LogP contribution is 2.34. The summed E-state index contributed by atoms with van der Waals surface area (Å²) in [5.41, 5.74) is 1.92. The Labute approximate surface area is 187 Å². The normalized spacial score (nSPS) is 15.2. The molecular weight excluding hydrogens is 434 g/mol. The van der Waals surface area contributed by atoms with Crippen molar-refractivity contribution in [3.05, 3.63) is 76.2 Å². The number of hydrogen-bond donors (Lipinski definition) is 0. The van der Waals surface area contributed by atoms with Gasteiger partial charge in [-0.15, -0.1) is 0 Å². The molecule has 7 nitrogen and oxygen atoms in total. The van der Waals surface area contributed by atoms with Gasteiger partial charge in [0.1, 0.15) is 5.39 Å². The Balaban J connectivity index is 1.47. The second-order valence-electron chi connectivity index (χ2n) is 7.30. The molecule has 156 valence electrons. The molecule has 1 amide bonds. The van der Waals surface area contributed by atoms with Crippen molar-refractivity contribution in [3.63, 3.8) is 0 Å². The molecule has 1 unspecified atom stereocenters. The van der Waals surface area contributed by atoms with Crippen molar-refractivity contribution in [3.8, 4) is 5.69 Å². The molecule has 1 aliphatic heterocycles. The lowest BCUT2D eigenvalue weighted by molar-refractivity contribution is -0.119. The van der Waals surface area contributed by atoms with Crippen LogP contribution in [0.5, 0.6) is 0 Å². The number of aromatic nitrogens is 4. The summed E-state index contributed by atoms with van der Waals surface area (Å²) in [4.78, 5) is 32.4. The second kappa shape index (κ2) is 7.86. The van der Waals surface area contributed by atoms with E-state index in [9.17, 15) is 9.59 Å². The van der Waals surface area contributed by atoms with Gasteiger partial charge in [0.15, 0.2) is 10.8 Å². The van der Waals surface area contributed by atoms with Gasteiger partial charge >= 0.3 is 0 Å². The number of amides is 1. The first-order chi connectivity index (χ1) is 15.0. The number of fused-ring (bicyclic) bond motifs is 2. The maximum absolute atomic E-state index is 13.3. The van der Waals surface area contributed by atoms with Gasteiger partial charge in [0.25, 0.3) is 5.56 Å². The van der Waals surface area contributed by atoms with E-state index in [4.69, 9.17) is 16.6 Å². The van der Waals surface area contributed by atoms with E-state index < -0.39 is 0 Å². The molecule has 0 bridgehead atoms. The van der Waals surface area contributed by atoms with E-state index in [0.29, 0.717) is 27.0 Å². The van der Waals surface area contributed by atoms with Gasteiger partial charge in [0, 0.05) is 29.9 Å². The molecule has 2 aromatic heterocycles.